The zero-order valence-corrected chi connectivity index (χ0v) is 13.1. The Morgan fingerprint density at radius 3 is 2.90 bits per heavy atom. The Morgan fingerprint density at radius 1 is 1.35 bits per heavy atom. The SMILES string of the molecule is CCNC(C)C1CCCCN1Cc1ccccc1OC. The summed E-state index contributed by atoms with van der Waals surface area (Å²) in [6.45, 7) is 7.72. The van der Waals surface area contributed by atoms with Gasteiger partial charge in [0.2, 0.25) is 0 Å². The summed E-state index contributed by atoms with van der Waals surface area (Å²) in [6, 6.07) is 9.57. The Hall–Kier alpha value is -1.06. The van der Waals surface area contributed by atoms with Crippen molar-refractivity contribution in [3.63, 3.8) is 0 Å². The Kier molecular flexibility index (Phi) is 5.86. The fourth-order valence-electron chi connectivity index (χ4n) is 3.29. The van der Waals surface area contributed by atoms with Crippen molar-refractivity contribution in [3.8, 4) is 5.75 Å². The van der Waals surface area contributed by atoms with Gasteiger partial charge >= 0.3 is 0 Å². The second-order valence-corrected chi connectivity index (χ2v) is 5.69. The van der Waals surface area contributed by atoms with Gasteiger partial charge in [0.15, 0.2) is 0 Å². The number of ether oxygens (including phenoxy) is 1. The number of piperidine rings is 1. The molecule has 1 fully saturated rings. The van der Waals surface area contributed by atoms with Crippen molar-refractivity contribution in [1.82, 2.24) is 10.2 Å². The summed E-state index contributed by atoms with van der Waals surface area (Å²) in [5, 5.41) is 3.59. The van der Waals surface area contributed by atoms with Crippen molar-refractivity contribution in [2.75, 3.05) is 20.2 Å². The number of likely N-dealkylation sites (tertiary alicyclic amines) is 1. The minimum absolute atomic E-state index is 0.551. The van der Waals surface area contributed by atoms with Crippen LogP contribution < -0.4 is 10.1 Å². The summed E-state index contributed by atoms with van der Waals surface area (Å²) in [5.74, 6) is 1.01. The van der Waals surface area contributed by atoms with E-state index in [0.717, 1.165) is 18.8 Å². The molecule has 0 saturated carbocycles. The smallest absolute Gasteiger partial charge is 0.123 e. The van der Waals surface area contributed by atoms with Crippen LogP contribution in [0.2, 0.25) is 0 Å². The zero-order chi connectivity index (χ0) is 14.4. The van der Waals surface area contributed by atoms with Crippen LogP contribution in [0.15, 0.2) is 24.3 Å². The van der Waals surface area contributed by atoms with Crippen molar-refractivity contribution in [1.29, 1.82) is 0 Å². The second kappa shape index (κ2) is 7.65. The lowest BCUT2D eigenvalue weighted by Gasteiger charge is -2.39. The molecule has 0 amide bonds. The highest BCUT2D eigenvalue weighted by molar-refractivity contribution is 5.33. The first kappa shape index (κ1) is 15.3. The molecule has 2 unspecified atom stereocenters. The lowest BCUT2D eigenvalue weighted by Crippen LogP contribution is -2.50. The predicted octanol–water partition coefficient (Wildman–Crippen LogP) is 3.05. The number of nitrogens with one attached hydrogen (secondary N) is 1. The predicted molar refractivity (Wildman–Crippen MR) is 84.2 cm³/mol. The number of rotatable bonds is 6. The molecule has 112 valence electrons. The molecule has 1 aromatic carbocycles. The molecular formula is C17H28N2O. The molecule has 0 aromatic heterocycles. The van der Waals surface area contributed by atoms with Crippen LogP contribution in [-0.2, 0) is 6.54 Å². The standard InChI is InChI=1S/C17H28N2O/c1-4-18-14(2)16-10-7-8-12-19(16)13-15-9-5-6-11-17(15)20-3/h5-6,9,11,14,16,18H,4,7-8,10,12-13H2,1-3H3. The maximum atomic E-state index is 5.49. The molecule has 3 nitrogen and oxygen atoms in total. The first-order chi connectivity index (χ1) is 9.76. The monoisotopic (exact) mass is 276 g/mol. The van der Waals surface area contributed by atoms with E-state index in [1.165, 1.54) is 31.4 Å². The fourth-order valence-corrected chi connectivity index (χ4v) is 3.29. The topological polar surface area (TPSA) is 24.5 Å². The molecule has 1 aliphatic heterocycles. The van der Waals surface area contributed by atoms with Gasteiger partial charge < -0.3 is 10.1 Å². The summed E-state index contributed by atoms with van der Waals surface area (Å²) < 4.78 is 5.49. The van der Waals surface area contributed by atoms with Gasteiger partial charge in [-0.25, -0.2) is 0 Å². The van der Waals surface area contributed by atoms with Crippen LogP contribution in [0.25, 0.3) is 0 Å². The number of benzene rings is 1. The lowest BCUT2D eigenvalue weighted by molar-refractivity contribution is 0.111. The summed E-state index contributed by atoms with van der Waals surface area (Å²) >= 11 is 0. The molecule has 1 aromatic rings. The normalized spacial score (nSPS) is 21.6. The van der Waals surface area contributed by atoms with E-state index in [1.807, 2.05) is 6.07 Å². The van der Waals surface area contributed by atoms with E-state index in [9.17, 15) is 0 Å². The van der Waals surface area contributed by atoms with E-state index >= 15 is 0 Å². The minimum Gasteiger partial charge on any atom is -0.496 e. The molecule has 2 atom stereocenters. The third kappa shape index (κ3) is 3.74. The lowest BCUT2D eigenvalue weighted by atomic mass is 9.95. The molecule has 0 radical (unpaired) electrons. The van der Waals surface area contributed by atoms with Crippen LogP contribution >= 0.6 is 0 Å². The van der Waals surface area contributed by atoms with E-state index in [0.29, 0.717) is 12.1 Å². The molecule has 1 saturated heterocycles. The molecule has 0 spiro atoms. The molecule has 0 aliphatic carbocycles. The average Bonchev–Trinajstić information content (AvgIpc) is 2.48. The first-order valence-corrected chi connectivity index (χ1v) is 7.85. The van der Waals surface area contributed by atoms with Crippen LogP contribution in [0.4, 0.5) is 0 Å². The van der Waals surface area contributed by atoms with Crippen LogP contribution in [0, 0.1) is 0 Å². The summed E-state index contributed by atoms with van der Waals surface area (Å²) in [6.07, 6.45) is 3.95. The Morgan fingerprint density at radius 2 is 2.15 bits per heavy atom. The summed E-state index contributed by atoms with van der Waals surface area (Å²) in [5.41, 5.74) is 1.30. The van der Waals surface area contributed by atoms with Crippen molar-refractivity contribution >= 4 is 0 Å². The van der Waals surface area contributed by atoms with Crippen LogP contribution in [0.3, 0.4) is 0 Å². The van der Waals surface area contributed by atoms with Gasteiger partial charge in [0.1, 0.15) is 5.75 Å². The van der Waals surface area contributed by atoms with Gasteiger partial charge in [0, 0.05) is 24.2 Å². The number of methoxy groups -OCH3 is 1. The second-order valence-electron chi connectivity index (χ2n) is 5.69. The quantitative estimate of drug-likeness (QED) is 0.864. The van der Waals surface area contributed by atoms with Gasteiger partial charge in [-0.15, -0.1) is 0 Å². The van der Waals surface area contributed by atoms with Crippen molar-refractivity contribution in [2.24, 2.45) is 0 Å². The van der Waals surface area contributed by atoms with Crippen LogP contribution in [0.5, 0.6) is 5.75 Å². The van der Waals surface area contributed by atoms with Gasteiger partial charge in [-0.05, 0) is 38.9 Å². The maximum absolute atomic E-state index is 5.49. The molecule has 1 N–H and O–H groups in total. The molecule has 0 bridgehead atoms. The fraction of sp³-hybridized carbons (Fsp3) is 0.647. The van der Waals surface area contributed by atoms with Gasteiger partial charge in [0.05, 0.1) is 7.11 Å². The summed E-state index contributed by atoms with van der Waals surface area (Å²) in [7, 11) is 1.76. The summed E-state index contributed by atoms with van der Waals surface area (Å²) in [4.78, 5) is 2.62. The third-order valence-electron chi connectivity index (χ3n) is 4.33. The van der Waals surface area contributed by atoms with Crippen LogP contribution in [0.1, 0.15) is 38.7 Å². The molecule has 1 aliphatic rings. The zero-order valence-electron chi connectivity index (χ0n) is 13.1. The van der Waals surface area contributed by atoms with E-state index in [4.69, 9.17) is 4.74 Å². The number of para-hydroxylation sites is 1. The van der Waals surface area contributed by atoms with Crippen LogP contribution in [-0.4, -0.2) is 37.2 Å². The molecular weight excluding hydrogens is 248 g/mol. The molecule has 2 rings (SSSR count). The number of hydrogen-bond acceptors (Lipinski definition) is 3. The highest BCUT2D eigenvalue weighted by atomic mass is 16.5. The van der Waals surface area contributed by atoms with E-state index in [-0.39, 0.29) is 0 Å². The van der Waals surface area contributed by atoms with Crippen molar-refractivity contribution < 1.29 is 4.74 Å². The van der Waals surface area contributed by atoms with E-state index in [1.54, 1.807) is 7.11 Å². The first-order valence-electron chi connectivity index (χ1n) is 7.85. The Balaban J connectivity index is 2.08. The maximum Gasteiger partial charge on any atom is 0.123 e. The highest BCUT2D eigenvalue weighted by Crippen LogP contribution is 2.25. The number of hydrogen-bond donors (Lipinski definition) is 1. The third-order valence-corrected chi connectivity index (χ3v) is 4.33. The van der Waals surface area contributed by atoms with Gasteiger partial charge in [-0.1, -0.05) is 31.5 Å². The highest BCUT2D eigenvalue weighted by Gasteiger charge is 2.27. The molecule has 20 heavy (non-hydrogen) atoms. The van der Waals surface area contributed by atoms with Crippen molar-refractivity contribution in [2.45, 2.75) is 51.7 Å². The average molecular weight is 276 g/mol. The number of likely N-dealkylation sites (N-methyl/N-ethyl adjacent to an activating group) is 1. The van der Waals surface area contributed by atoms with Crippen molar-refractivity contribution in [3.05, 3.63) is 29.8 Å². The minimum atomic E-state index is 0.551. The molecule has 1 heterocycles. The van der Waals surface area contributed by atoms with E-state index < -0.39 is 0 Å². The molecule has 3 heteroatoms. The van der Waals surface area contributed by atoms with Gasteiger partial charge in [0.25, 0.3) is 0 Å². The Labute approximate surface area is 123 Å². The van der Waals surface area contributed by atoms with E-state index in [2.05, 4.69) is 42.3 Å². The largest absolute Gasteiger partial charge is 0.496 e. The Bertz CT molecular complexity index is 408. The van der Waals surface area contributed by atoms with Gasteiger partial charge in [-0.2, -0.15) is 0 Å². The number of nitrogens with zero attached hydrogens (tertiary/aromatic N) is 1. The van der Waals surface area contributed by atoms with Gasteiger partial charge in [-0.3, -0.25) is 4.90 Å².